The van der Waals surface area contributed by atoms with Crippen LogP contribution in [0.15, 0.2) is 18.2 Å². The monoisotopic (exact) mass is 274 g/mol. The molecule has 0 aromatic heterocycles. The third-order valence-electron chi connectivity index (χ3n) is 4.13. The van der Waals surface area contributed by atoms with Crippen LogP contribution in [0.2, 0.25) is 0 Å². The van der Waals surface area contributed by atoms with E-state index in [1.165, 1.54) is 12.0 Å². The number of nitrogens with one attached hydrogen (secondary N) is 2. The number of hydrogen-bond acceptors (Lipinski definition) is 2. The van der Waals surface area contributed by atoms with Crippen LogP contribution in [0, 0.1) is 5.92 Å². The van der Waals surface area contributed by atoms with E-state index in [-0.39, 0.29) is 5.91 Å². The number of fused-ring (bicyclic) bond motifs is 1. The van der Waals surface area contributed by atoms with Crippen molar-refractivity contribution in [3.05, 3.63) is 29.3 Å². The molecule has 0 aliphatic carbocycles. The molecule has 1 aliphatic rings. The second kappa shape index (κ2) is 6.89. The first kappa shape index (κ1) is 15.0. The van der Waals surface area contributed by atoms with Crippen LogP contribution < -0.4 is 10.6 Å². The zero-order valence-electron chi connectivity index (χ0n) is 12.8. The quantitative estimate of drug-likeness (QED) is 0.796. The number of carbonyl (C=O) groups excluding carboxylic acids is 1. The minimum Gasteiger partial charge on any atom is -0.326 e. The summed E-state index contributed by atoms with van der Waals surface area (Å²) in [5, 5.41) is 6.55. The SMILES string of the molecule is CCCNC(CC(C)CC)c1ccc2c(c1)CC(=O)N2. The van der Waals surface area contributed by atoms with Crippen LogP contribution in [-0.4, -0.2) is 12.5 Å². The van der Waals surface area contributed by atoms with Crippen LogP contribution in [0.3, 0.4) is 0 Å². The van der Waals surface area contributed by atoms with Gasteiger partial charge in [0.05, 0.1) is 6.42 Å². The Kier molecular flexibility index (Phi) is 5.18. The molecule has 1 heterocycles. The summed E-state index contributed by atoms with van der Waals surface area (Å²) >= 11 is 0. The molecular weight excluding hydrogens is 248 g/mol. The summed E-state index contributed by atoms with van der Waals surface area (Å²) in [5.41, 5.74) is 3.44. The largest absolute Gasteiger partial charge is 0.326 e. The summed E-state index contributed by atoms with van der Waals surface area (Å²) in [4.78, 5) is 11.5. The van der Waals surface area contributed by atoms with E-state index in [0.717, 1.165) is 30.6 Å². The first-order valence-corrected chi connectivity index (χ1v) is 7.80. The predicted octanol–water partition coefficient (Wildman–Crippen LogP) is 3.66. The van der Waals surface area contributed by atoms with E-state index in [0.29, 0.717) is 18.4 Å². The maximum Gasteiger partial charge on any atom is 0.228 e. The summed E-state index contributed by atoms with van der Waals surface area (Å²) < 4.78 is 0. The summed E-state index contributed by atoms with van der Waals surface area (Å²) in [5.74, 6) is 0.814. The van der Waals surface area contributed by atoms with Crippen molar-refractivity contribution in [3.63, 3.8) is 0 Å². The number of benzene rings is 1. The van der Waals surface area contributed by atoms with Crippen LogP contribution in [0.25, 0.3) is 0 Å². The Morgan fingerprint density at radius 1 is 1.35 bits per heavy atom. The van der Waals surface area contributed by atoms with Gasteiger partial charge in [-0.05, 0) is 42.5 Å². The molecule has 0 radical (unpaired) electrons. The van der Waals surface area contributed by atoms with Crippen LogP contribution >= 0.6 is 0 Å². The Hall–Kier alpha value is -1.35. The van der Waals surface area contributed by atoms with Crippen molar-refractivity contribution in [1.82, 2.24) is 5.32 Å². The third kappa shape index (κ3) is 3.60. The highest BCUT2D eigenvalue weighted by atomic mass is 16.1. The summed E-state index contributed by atoms with van der Waals surface area (Å²) in [7, 11) is 0. The van der Waals surface area contributed by atoms with Gasteiger partial charge in [-0.3, -0.25) is 4.79 Å². The van der Waals surface area contributed by atoms with Gasteiger partial charge in [-0.15, -0.1) is 0 Å². The molecule has 3 nitrogen and oxygen atoms in total. The molecule has 1 aromatic rings. The van der Waals surface area contributed by atoms with E-state index in [4.69, 9.17) is 0 Å². The first-order valence-electron chi connectivity index (χ1n) is 7.80. The minimum atomic E-state index is 0.108. The number of rotatable bonds is 7. The molecule has 1 aliphatic heterocycles. The van der Waals surface area contributed by atoms with Crippen molar-refractivity contribution in [2.45, 2.75) is 52.5 Å². The standard InChI is InChI=1S/C17H26N2O/c1-4-8-18-16(9-12(3)5-2)13-6-7-15-14(10-13)11-17(20)19-15/h6-7,10,12,16,18H,4-5,8-9,11H2,1-3H3,(H,19,20). The van der Waals surface area contributed by atoms with Gasteiger partial charge >= 0.3 is 0 Å². The molecular formula is C17H26N2O. The van der Waals surface area contributed by atoms with Crippen LogP contribution in [0.4, 0.5) is 5.69 Å². The Balaban J connectivity index is 2.15. The van der Waals surface area contributed by atoms with Gasteiger partial charge in [0.1, 0.15) is 0 Å². The number of amides is 1. The van der Waals surface area contributed by atoms with Gasteiger partial charge in [0, 0.05) is 11.7 Å². The molecule has 2 unspecified atom stereocenters. The van der Waals surface area contributed by atoms with Gasteiger partial charge in [0.2, 0.25) is 5.91 Å². The Bertz CT molecular complexity index is 470. The fourth-order valence-corrected chi connectivity index (χ4v) is 2.69. The summed E-state index contributed by atoms with van der Waals surface area (Å²) in [6.07, 6.45) is 4.01. The van der Waals surface area contributed by atoms with Gasteiger partial charge in [-0.25, -0.2) is 0 Å². The van der Waals surface area contributed by atoms with Gasteiger partial charge in [0.25, 0.3) is 0 Å². The number of hydrogen-bond donors (Lipinski definition) is 2. The smallest absolute Gasteiger partial charge is 0.228 e. The zero-order chi connectivity index (χ0) is 14.5. The fraction of sp³-hybridized carbons (Fsp3) is 0.588. The van der Waals surface area contributed by atoms with Crippen LogP contribution in [-0.2, 0) is 11.2 Å². The second-order valence-electron chi connectivity index (χ2n) is 5.90. The van der Waals surface area contributed by atoms with Crippen molar-refractivity contribution >= 4 is 11.6 Å². The van der Waals surface area contributed by atoms with Crippen molar-refractivity contribution in [2.24, 2.45) is 5.92 Å². The maximum atomic E-state index is 11.5. The first-order chi connectivity index (χ1) is 9.63. The summed E-state index contributed by atoms with van der Waals surface area (Å²) in [6.45, 7) is 7.78. The molecule has 3 heteroatoms. The Morgan fingerprint density at radius 3 is 2.85 bits per heavy atom. The second-order valence-corrected chi connectivity index (χ2v) is 5.90. The topological polar surface area (TPSA) is 41.1 Å². The van der Waals surface area contributed by atoms with E-state index >= 15 is 0 Å². The third-order valence-corrected chi connectivity index (χ3v) is 4.13. The van der Waals surface area contributed by atoms with E-state index in [1.807, 2.05) is 6.07 Å². The molecule has 0 saturated heterocycles. The van der Waals surface area contributed by atoms with Crippen LogP contribution in [0.1, 0.15) is 57.2 Å². The normalized spacial score (nSPS) is 16.6. The van der Waals surface area contributed by atoms with E-state index in [1.54, 1.807) is 0 Å². The molecule has 0 bridgehead atoms. The summed E-state index contributed by atoms with van der Waals surface area (Å²) in [6, 6.07) is 6.79. The molecule has 0 saturated carbocycles. The van der Waals surface area contributed by atoms with E-state index in [2.05, 4.69) is 43.5 Å². The lowest BCUT2D eigenvalue weighted by molar-refractivity contribution is -0.115. The van der Waals surface area contributed by atoms with E-state index < -0.39 is 0 Å². The highest BCUT2D eigenvalue weighted by Crippen LogP contribution is 2.29. The predicted molar refractivity (Wildman–Crippen MR) is 83.9 cm³/mol. The molecule has 0 spiro atoms. The fourth-order valence-electron chi connectivity index (χ4n) is 2.69. The van der Waals surface area contributed by atoms with Gasteiger partial charge in [-0.2, -0.15) is 0 Å². The molecule has 2 atom stereocenters. The molecule has 2 rings (SSSR count). The lowest BCUT2D eigenvalue weighted by atomic mass is 9.93. The molecule has 0 fully saturated rings. The molecule has 20 heavy (non-hydrogen) atoms. The minimum absolute atomic E-state index is 0.108. The average Bonchev–Trinajstić information content (AvgIpc) is 2.82. The van der Waals surface area contributed by atoms with Crippen LogP contribution in [0.5, 0.6) is 0 Å². The van der Waals surface area contributed by atoms with Crippen molar-refractivity contribution < 1.29 is 4.79 Å². The maximum absolute atomic E-state index is 11.5. The Labute approximate surface area is 122 Å². The number of anilines is 1. The van der Waals surface area contributed by atoms with Gasteiger partial charge < -0.3 is 10.6 Å². The molecule has 1 aromatic carbocycles. The molecule has 110 valence electrons. The highest BCUT2D eigenvalue weighted by Gasteiger charge is 2.20. The lowest BCUT2D eigenvalue weighted by Crippen LogP contribution is -2.24. The van der Waals surface area contributed by atoms with Gasteiger partial charge in [0.15, 0.2) is 0 Å². The van der Waals surface area contributed by atoms with Crippen molar-refractivity contribution in [1.29, 1.82) is 0 Å². The van der Waals surface area contributed by atoms with Crippen molar-refractivity contribution in [3.8, 4) is 0 Å². The molecule has 1 amide bonds. The Morgan fingerprint density at radius 2 is 2.15 bits per heavy atom. The lowest BCUT2D eigenvalue weighted by Gasteiger charge is -2.22. The average molecular weight is 274 g/mol. The van der Waals surface area contributed by atoms with Gasteiger partial charge in [-0.1, -0.05) is 39.3 Å². The highest BCUT2D eigenvalue weighted by molar-refractivity contribution is 5.99. The zero-order valence-corrected chi connectivity index (χ0v) is 12.8. The van der Waals surface area contributed by atoms with E-state index in [9.17, 15) is 4.79 Å². The number of carbonyl (C=O) groups is 1. The van der Waals surface area contributed by atoms with Crippen molar-refractivity contribution in [2.75, 3.05) is 11.9 Å². The molecule has 2 N–H and O–H groups in total.